The fourth-order valence-corrected chi connectivity index (χ4v) is 23.5. The molecule has 0 spiro atoms. The lowest BCUT2D eigenvalue weighted by molar-refractivity contribution is 0.398. The molecule has 1 rings (SSSR count). The molecule has 0 saturated carbocycles. The van der Waals surface area contributed by atoms with Crippen molar-refractivity contribution in [3.05, 3.63) is 30.3 Å². The number of benzene rings is 1. The maximum absolute atomic E-state index is 7.02. The van der Waals surface area contributed by atoms with E-state index in [1.807, 2.05) is 0 Å². The van der Waals surface area contributed by atoms with Gasteiger partial charge >= 0.3 is 8.56 Å². The molecule has 2 nitrogen and oxygen atoms in total. The molecule has 0 aliphatic carbocycles. The first-order chi connectivity index (χ1) is 11.9. The fourth-order valence-electron chi connectivity index (χ4n) is 3.14. The Hall–Kier alpha value is 0.224. The van der Waals surface area contributed by atoms with Crippen molar-refractivity contribution in [1.29, 1.82) is 0 Å². The number of hydrogen-bond acceptors (Lipinski definition) is 2. The summed E-state index contributed by atoms with van der Waals surface area (Å²) in [6, 6.07) is 16.0. The lowest BCUT2D eigenvalue weighted by Crippen LogP contribution is -2.61. The van der Waals surface area contributed by atoms with E-state index in [4.69, 9.17) is 8.23 Å². The van der Waals surface area contributed by atoms with Crippen molar-refractivity contribution in [2.75, 3.05) is 0 Å². The molecule has 26 heavy (non-hydrogen) atoms. The molecular formula is C19H40O2Si5. The second-order valence-corrected chi connectivity index (χ2v) is 27.4. The summed E-state index contributed by atoms with van der Waals surface area (Å²) in [5.41, 5.74) is 0. The zero-order valence-corrected chi connectivity index (χ0v) is 23.5. The maximum atomic E-state index is 7.02. The Morgan fingerprint density at radius 2 is 1.08 bits per heavy atom. The van der Waals surface area contributed by atoms with E-state index in [0.717, 1.165) is 0 Å². The standard InChI is InChI=1S/C19H40O2Si5/c1-22(2)15-17-24(5,6)20-26(9,19-13-11-10-12-14-19)21-25(7,8)18-16-23(3)4/h10-14H,15-18H2,1-9H3. The van der Waals surface area contributed by atoms with Gasteiger partial charge in [0.15, 0.2) is 16.6 Å². The van der Waals surface area contributed by atoms with E-state index in [1.165, 1.54) is 29.4 Å². The first-order valence-electron chi connectivity index (χ1n) is 9.89. The van der Waals surface area contributed by atoms with Gasteiger partial charge < -0.3 is 8.23 Å². The predicted octanol–water partition coefficient (Wildman–Crippen LogP) is 5.92. The monoisotopic (exact) mass is 440 g/mol. The van der Waals surface area contributed by atoms with Crippen LogP contribution < -0.4 is 5.19 Å². The molecule has 0 bridgehead atoms. The molecule has 0 aromatic heterocycles. The summed E-state index contributed by atoms with van der Waals surface area (Å²) in [5.74, 6) is 0. The van der Waals surface area contributed by atoms with Crippen LogP contribution in [0.4, 0.5) is 0 Å². The molecule has 148 valence electrons. The fraction of sp³-hybridized carbons (Fsp3) is 0.684. The van der Waals surface area contributed by atoms with E-state index in [1.54, 1.807) is 0 Å². The van der Waals surface area contributed by atoms with Gasteiger partial charge in [-0.05, 0) is 50.0 Å². The lowest BCUT2D eigenvalue weighted by Gasteiger charge is -2.41. The van der Waals surface area contributed by atoms with Crippen LogP contribution in [-0.2, 0) is 8.23 Å². The van der Waals surface area contributed by atoms with Crippen LogP contribution in [0.15, 0.2) is 30.3 Å². The predicted molar refractivity (Wildman–Crippen MR) is 129 cm³/mol. The summed E-state index contributed by atoms with van der Waals surface area (Å²) < 4.78 is 14.0. The quantitative estimate of drug-likeness (QED) is 0.398. The SMILES string of the molecule is C[Si](C)CC[Si](C)(C)O[Si](C)(O[Si](C)(C)CC[Si](C)C)c1ccccc1. The van der Waals surface area contributed by atoms with Gasteiger partial charge in [-0.3, -0.25) is 0 Å². The van der Waals surface area contributed by atoms with Crippen molar-refractivity contribution in [1.82, 2.24) is 0 Å². The Morgan fingerprint density at radius 3 is 1.42 bits per heavy atom. The molecule has 7 heteroatoms. The third kappa shape index (κ3) is 8.94. The molecule has 0 aliphatic rings. The lowest BCUT2D eigenvalue weighted by atomic mass is 10.4. The highest BCUT2D eigenvalue weighted by Crippen LogP contribution is 2.27. The van der Waals surface area contributed by atoms with Crippen molar-refractivity contribution in [2.45, 2.75) is 83.1 Å². The third-order valence-corrected chi connectivity index (χ3v) is 20.0. The second kappa shape index (κ2) is 10.1. The van der Waals surface area contributed by atoms with Gasteiger partial charge in [-0.15, -0.1) is 0 Å². The number of rotatable bonds is 11. The molecule has 0 N–H and O–H groups in total. The number of hydrogen-bond donors (Lipinski definition) is 0. The van der Waals surface area contributed by atoms with E-state index >= 15 is 0 Å². The van der Waals surface area contributed by atoms with Gasteiger partial charge in [-0.25, -0.2) is 0 Å². The van der Waals surface area contributed by atoms with E-state index in [-0.39, 0.29) is 17.6 Å². The van der Waals surface area contributed by atoms with E-state index in [9.17, 15) is 0 Å². The largest absolute Gasteiger partial charge is 0.433 e. The topological polar surface area (TPSA) is 18.5 Å². The zero-order chi connectivity index (χ0) is 20.0. The first kappa shape index (κ1) is 24.3. The Balaban J connectivity index is 3.04. The van der Waals surface area contributed by atoms with Crippen LogP contribution in [0.2, 0.25) is 83.1 Å². The summed E-state index contributed by atoms with van der Waals surface area (Å²) in [6.07, 6.45) is 0. The molecule has 0 amide bonds. The van der Waals surface area contributed by atoms with Crippen molar-refractivity contribution in [2.24, 2.45) is 0 Å². The summed E-state index contributed by atoms with van der Waals surface area (Å²) in [4.78, 5) is 0. The van der Waals surface area contributed by atoms with Crippen LogP contribution in [0.3, 0.4) is 0 Å². The minimum absolute atomic E-state index is 0.197. The van der Waals surface area contributed by atoms with Crippen molar-refractivity contribution < 1.29 is 8.23 Å². The van der Waals surface area contributed by atoms with E-state index < -0.39 is 25.2 Å². The van der Waals surface area contributed by atoms with Gasteiger partial charge in [-0.2, -0.15) is 0 Å². The Kier molecular flexibility index (Phi) is 9.45. The third-order valence-electron chi connectivity index (χ3n) is 4.69. The minimum Gasteiger partial charge on any atom is -0.433 e. The highest BCUT2D eigenvalue weighted by atomic mass is 28.5. The van der Waals surface area contributed by atoms with E-state index in [0.29, 0.717) is 0 Å². The Bertz CT molecular complexity index is 506. The molecule has 0 heterocycles. The van der Waals surface area contributed by atoms with Crippen LogP contribution in [0.25, 0.3) is 0 Å². The average molecular weight is 441 g/mol. The zero-order valence-electron chi connectivity index (χ0n) is 18.5. The minimum atomic E-state index is -2.39. The van der Waals surface area contributed by atoms with Gasteiger partial charge in [0, 0.05) is 17.6 Å². The normalized spacial score (nSPS) is 13.7. The Morgan fingerprint density at radius 1 is 0.692 bits per heavy atom. The van der Waals surface area contributed by atoms with Gasteiger partial charge in [0.25, 0.3) is 0 Å². The van der Waals surface area contributed by atoms with Gasteiger partial charge in [0.05, 0.1) is 0 Å². The summed E-state index contributed by atoms with van der Waals surface area (Å²) in [5, 5.41) is 1.30. The molecule has 0 atom stereocenters. The molecule has 1 aromatic rings. The van der Waals surface area contributed by atoms with E-state index in [2.05, 4.69) is 89.3 Å². The molecule has 1 aromatic carbocycles. The smallest absolute Gasteiger partial charge is 0.348 e. The van der Waals surface area contributed by atoms with Crippen molar-refractivity contribution >= 4 is 48.0 Å². The Labute approximate surface area is 169 Å². The first-order valence-corrected chi connectivity index (χ1v) is 23.9. The maximum Gasteiger partial charge on any atom is 0.348 e. The van der Waals surface area contributed by atoms with Gasteiger partial charge in [0.2, 0.25) is 0 Å². The van der Waals surface area contributed by atoms with Crippen molar-refractivity contribution in [3.63, 3.8) is 0 Å². The second-order valence-electron chi connectivity index (χ2n) is 9.45. The van der Waals surface area contributed by atoms with Crippen LogP contribution in [-0.4, -0.2) is 42.8 Å². The van der Waals surface area contributed by atoms with Crippen LogP contribution >= 0.6 is 0 Å². The van der Waals surface area contributed by atoms with Crippen LogP contribution in [0.1, 0.15) is 0 Å². The molecule has 0 unspecified atom stereocenters. The average Bonchev–Trinajstić information content (AvgIpc) is 2.51. The summed E-state index contributed by atoms with van der Waals surface area (Å²) in [7, 11) is -6.27. The molecular weight excluding hydrogens is 401 g/mol. The molecule has 0 fully saturated rings. The summed E-state index contributed by atoms with van der Waals surface area (Å²) >= 11 is 0. The van der Waals surface area contributed by atoms with Crippen LogP contribution in [0, 0.1) is 0 Å². The highest BCUT2D eigenvalue weighted by Gasteiger charge is 2.44. The molecule has 0 saturated heterocycles. The highest BCUT2D eigenvalue weighted by molar-refractivity contribution is 6.94. The van der Waals surface area contributed by atoms with Gasteiger partial charge in [-0.1, -0.05) is 68.6 Å². The molecule has 0 aliphatic heterocycles. The van der Waals surface area contributed by atoms with Gasteiger partial charge in [0.1, 0.15) is 0 Å². The van der Waals surface area contributed by atoms with Crippen molar-refractivity contribution in [3.8, 4) is 0 Å². The molecule has 2 radical (unpaired) electrons. The van der Waals surface area contributed by atoms with Crippen LogP contribution in [0.5, 0.6) is 0 Å². The summed E-state index contributed by atoms with van der Waals surface area (Å²) in [6.45, 7) is 21.5.